The molecule has 0 atom stereocenters. The van der Waals surface area contributed by atoms with Crippen LogP contribution in [0.3, 0.4) is 0 Å². The molecule has 2 nitrogen and oxygen atoms in total. The number of rotatable bonds is 2. The van der Waals surface area contributed by atoms with Crippen molar-refractivity contribution in [2.45, 2.75) is 5.88 Å². The van der Waals surface area contributed by atoms with Gasteiger partial charge in [-0.25, -0.2) is 0 Å². The Morgan fingerprint density at radius 3 is 1.89 bits per heavy atom. The Labute approximate surface area is 121 Å². The zero-order valence-corrected chi connectivity index (χ0v) is 11.8. The van der Waals surface area contributed by atoms with Gasteiger partial charge >= 0.3 is 68.1 Å². The van der Waals surface area contributed by atoms with Gasteiger partial charge in [-0.1, -0.05) is 30.3 Å². The molecule has 2 aromatic rings. The van der Waals surface area contributed by atoms with Crippen LogP contribution < -0.4 is 0 Å². The molecule has 0 aliphatic carbocycles. The van der Waals surface area contributed by atoms with Gasteiger partial charge in [-0.2, -0.15) is 0 Å². The van der Waals surface area contributed by atoms with E-state index in [9.17, 15) is 4.79 Å². The number of carbonyl (C=O) groups is 1. The molecule has 0 saturated carbocycles. The van der Waals surface area contributed by atoms with Crippen molar-refractivity contribution in [2.75, 3.05) is 0 Å². The van der Waals surface area contributed by atoms with E-state index >= 15 is 0 Å². The molecular weight excluding hydrogens is 287 g/mol. The predicted molar refractivity (Wildman–Crippen MR) is 67.9 cm³/mol. The molecule has 0 amide bonds. The van der Waals surface area contributed by atoms with E-state index in [2.05, 4.69) is 3.66 Å². The molecule has 0 fully saturated rings. The monoisotopic (exact) mass is 298 g/mol. The molecule has 2 aromatic carbocycles. The number of hydrogen-bond acceptors (Lipinski definition) is 2. The fraction of sp³-hybridized carbons (Fsp3) is 0.0714. The van der Waals surface area contributed by atoms with Crippen molar-refractivity contribution in [2.24, 2.45) is 0 Å². The van der Waals surface area contributed by atoms with Crippen LogP contribution in [0.5, 0.6) is 0 Å². The van der Waals surface area contributed by atoms with Gasteiger partial charge in [0.2, 0.25) is 0 Å². The van der Waals surface area contributed by atoms with Crippen LogP contribution in [0.15, 0.2) is 60.7 Å². The third kappa shape index (κ3) is 5.41. The van der Waals surface area contributed by atoms with Gasteiger partial charge < -0.3 is 0 Å². The van der Waals surface area contributed by atoms with Crippen molar-refractivity contribution >= 4 is 17.6 Å². The molecule has 0 N–H and O–H groups in total. The Balaban J connectivity index is 0.000000184. The maximum absolute atomic E-state index is 10.8. The second kappa shape index (κ2) is 8.81. The molecule has 0 aromatic heterocycles. The number of alkyl halides is 1. The predicted octanol–water partition coefficient (Wildman–Crippen LogP) is 3.73. The van der Waals surface area contributed by atoms with Crippen LogP contribution >= 0.6 is 11.6 Å². The van der Waals surface area contributed by atoms with Gasteiger partial charge in [-0.15, -0.1) is 11.6 Å². The van der Waals surface area contributed by atoms with E-state index in [0.29, 0.717) is 11.4 Å². The topological polar surface area (TPSA) is 26.3 Å². The summed E-state index contributed by atoms with van der Waals surface area (Å²) in [5.74, 6) is 0.293. The summed E-state index contributed by atoms with van der Waals surface area (Å²) in [5.41, 5.74) is 1.75. The molecule has 2 rings (SSSR count). The molecule has 0 saturated heterocycles. The van der Waals surface area contributed by atoms with Crippen molar-refractivity contribution in [3.05, 3.63) is 71.8 Å². The van der Waals surface area contributed by atoms with Gasteiger partial charge in [0, 0.05) is 5.88 Å². The average Bonchev–Trinajstić information content (AvgIpc) is 2.49. The average molecular weight is 299 g/mol. The van der Waals surface area contributed by atoms with E-state index in [-0.39, 0.29) is 5.97 Å². The first kappa shape index (κ1) is 14.8. The molecule has 0 radical (unpaired) electrons. The van der Waals surface area contributed by atoms with Crippen molar-refractivity contribution in [1.82, 2.24) is 0 Å². The summed E-state index contributed by atoms with van der Waals surface area (Å²) in [4.78, 5) is 10.8. The molecule has 0 heterocycles. The molecule has 0 spiro atoms. The van der Waals surface area contributed by atoms with Gasteiger partial charge in [0.25, 0.3) is 0 Å². The van der Waals surface area contributed by atoms with Crippen molar-refractivity contribution < 1.29 is 26.2 Å². The normalized spacial score (nSPS) is 8.94. The minimum absolute atomic E-state index is 0.319. The zero-order chi connectivity index (χ0) is 13.2. The summed E-state index contributed by atoms with van der Waals surface area (Å²) in [6.07, 6.45) is 0. The van der Waals surface area contributed by atoms with Crippen molar-refractivity contribution in [3.8, 4) is 0 Å². The number of carbonyl (C=O) groups excluding carboxylic acids is 1. The van der Waals surface area contributed by atoms with E-state index in [1.807, 2.05) is 36.4 Å². The number of benzene rings is 2. The summed E-state index contributed by atoms with van der Waals surface area (Å²) in [6, 6.07) is 18.8. The summed E-state index contributed by atoms with van der Waals surface area (Å²) in [5, 5.41) is 0. The fourth-order valence-corrected chi connectivity index (χ4v) is 1.54. The van der Waals surface area contributed by atoms with Crippen molar-refractivity contribution in [3.63, 3.8) is 0 Å². The molecule has 0 bridgehead atoms. The van der Waals surface area contributed by atoms with Gasteiger partial charge in [-0.05, 0) is 5.56 Å². The van der Waals surface area contributed by atoms with E-state index in [1.54, 1.807) is 42.0 Å². The molecule has 4 heteroatoms. The standard InChI is InChI=1S/C7H7Cl.C7H6O2.V/c8-6-7-4-2-1-3-5-7;8-7(9)6-4-2-1-3-5-6;/h1-5H,6H2;1-5H,(H,8,9);/q;;+1/p-1. The van der Waals surface area contributed by atoms with Crippen LogP contribution in [0.2, 0.25) is 0 Å². The molecule has 0 aliphatic heterocycles. The van der Waals surface area contributed by atoms with E-state index < -0.39 is 0 Å². The molecule has 18 heavy (non-hydrogen) atoms. The van der Waals surface area contributed by atoms with Crippen LogP contribution in [0.1, 0.15) is 15.9 Å². The third-order valence-corrected chi connectivity index (χ3v) is 2.66. The molecule has 92 valence electrons. The van der Waals surface area contributed by atoms with E-state index in [0.717, 1.165) is 0 Å². The first-order chi connectivity index (χ1) is 8.77. The van der Waals surface area contributed by atoms with Crippen LogP contribution in [-0.2, 0) is 27.3 Å². The second-order valence-corrected chi connectivity index (χ2v) is 3.92. The number of hydrogen-bond donors (Lipinski definition) is 0. The van der Waals surface area contributed by atoms with Gasteiger partial charge in [0.1, 0.15) is 0 Å². The molecule has 0 aliphatic rings. The van der Waals surface area contributed by atoms with Crippen LogP contribution in [0, 0.1) is 0 Å². The van der Waals surface area contributed by atoms with Crippen molar-refractivity contribution in [1.29, 1.82) is 0 Å². The SMILES string of the molecule is ClCc1ccccc1.O=C([O][V])c1ccccc1. The summed E-state index contributed by atoms with van der Waals surface area (Å²) >= 11 is 7.31. The third-order valence-electron chi connectivity index (χ3n) is 2.09. The first-order valence-corrected chi connectivity index (χ1v) is 6.39. The first-order valence-electron chi connectivity index (χ1n) is 5.28. The van der Waals surface area contributed by atoms with Gasteiger partial charge in [0.05, 0.1) is 0 Å². The summed E-state index contributed by atoms with van der Waals surface area (Å²) in [7, 11) is 0. The molecular formula is C14H12ClO2V. The Bertz CT molecular complexity index is 460. The summed E-state index contributed by atoms with van der Waals surface area (Å²) in [6.45, 7) is 0. The van der Waals surface area contributed by atoms with Crippen LogP contribution in [0.4, 0.5) is 0 Å². The van der Waals surface area contributed by atoms with E-state index in [1.165, 1.54) is 5.56 Å². The van der Waals surface area contributed by atoms with Crippen LogP contribution in [-0.4, -0.2) is 5.97 Å². The van der Waals surface area contributed by atoms with Gasteiger partial charge in [0.15, 0.2) is 0 Å². The Morgan fingerprint density at radius 2 is 1.50 bits per heavy atom. The van der Waals surface area contributed by atoms with E-state index in [4.69, 9.17) is 11.6 Å². The fourth-order valence-electron chi connectivity index (χ4n) is 1.19. The Morgan fingerprint density at radius 1 is 1.00 bits per heavy atom. The van der Waals surface area contributed by atoms with Gasteiger partial charge in [-0.3, -0.25) is 0 Å². The quantitative estimate of drug-likeness (QED) is 0.790. The minimum atomic E-state index is -0.319. The Hall–Kier alpha value is -1.22. The molecule has 0 unspecified atom stereocenters. The summed E-state index contributed by atoms with van der Waals surface area (Å²) < 4.78 is 4.43. The van der Waals surface area contributed by atoms with Crippen LogP contribution in [0.25, 0.3) is 0 Å². The number of halogens is 1. The second-order valence-electron chi connectivity index (χ2n) is 3.36. The zero-order valence-electron chi connectivity index (χ0n) is 9.62. The maximum atomic E-state index is 10.8. The Kier molecular flexibility index (Phi) is 7.27.